The Morgan fingerprint density at radius 1 is 1.24 bits per heavy atom. The highest BCUT2D eigenvalue weighted by molar-refractivity contribution is 6.30. The van der Waals surface area contributed by atoms with Gasteiger partial charge in [0.05, 0.1) is 7.11 Å². The summed E-state index contributed by atoms with van der Waals surface area (Å²) in [6.07, 6.45) is 5.35. The summed E-state index contributed by atoms with van der Waals surface area (Å²) in [6, 6.07) is 3.40. The summed E-state index contributed by atoms with van der Waals surface area (Å²) in [5.74, 6) is 0.594. The number of nitrogens with zero attached hydrogens (tertiary/aromatic N) is 1. The number of benzene rings is 1. The van der Waals surface area contributed by atoms with E-state index in [-0.39, 0.29) is 5.75 Å². The first kappa shape index (κ1) is 16.4. The Kier molecular flexibility index (Phi) is 6.61. The molecular weight excluding hydrogens is 288 g/mol. The van der Waals surface area contributed by atoms with Gasteiger partial charge in [-0.25, -0.2) is 0 Å². The number of phenolic OH excluding ortho intramolecular Hbond substituents is 1. The van der Waals surface area contributed by atoms with E-state index in [9.17, 15) is 5.11 Å². The first-order valence-electron chi connectivity index (χ1n) is 7.69. The second-order valence-corrected chi connectivity index (χ2v) is 5.98. The largest absolute Gasteiger partial charge is 0.504 e. The number of ether oxygens (including phenoxy) is 1. The Balaban J connectivity index is 1.79. The summed E-state index contributed by atoms with van der Waals surface area (Å²) >= 11 is 6.03. The van der Waals surface area contributed by atoms with Gasteiger partial charge < -0.3 is 20.1 Å². The maximum Gasteiger partial charge on any atom is 0.162 e. The van der Waals surface area contributed by atoms with Crippen LogP contribution in [-0.2, 0) is 6.54 Å². The van der Waals surface area contributed by atoms with Gasteiger partial charge in [-0.1, -0.05) is 24.4 Å². The number of nitrogens with one attached hydrogen (secondary N) is 1. The molecule has 1 aromatic carbocycles. The number of phenols is 1. The number of aromatic hydroxyl groups is 1. The Morgan fingerprint density at radius 3 is 2.62 bits per heavy atom. The van der Waals surface area contributed by atoms with Crippen molar-refractivity contribution >= 4 is 11.6 Å². The fourth-order valence-corrected chi connectivity index (χ4v) is 2.97. The van der Waals surface area contributed by atoms with Crippen molar-refractivity contribution in [2.24, 2.45) is 0 Å². The van der Waals surface area contributed by atoms with Crippen molar-refractivity contribution in [3.63, 3.8) is 0 Å². The summed E-state index contributed by atoms with van der Waals surface area (Å²) in [7, 11) is 1.53. The highest BCUT2D eigenvalue weighted by Gasteiger charge is 2.11. The molecule has 0 aromatic heterocycles. The molecule has 4 nitrogen and oxygen atoms in total. The van der Waals surface area contributed by atoms with E-state index >= 15 is 0 Å². The predicted octanol–water partition coefficient (Wildman–Crippen LogP) is 3.02. The number of rotatable bonds is 6. The predicted molar refractivity (Wildman–Crippen MR) is 86.3 cm³/mol. The van der Waals surface area contributed by atoms with Crippen LogP contribution in [-0.4, -0.2) is 43.3 Å². The van der Waals surface area contributed by atoms with Gasteiger partial charge in [0, 0.05) is 36.3 Å². The van der Waals surface area contributed by atoms with Gasteiger partial charge in [0.1, 0.15) is 0 Å². The minimum atomic E-state index is 0.171. The van der Waals surface area contributed by atoms with Gasteiger partial charge in [0.15, 0.2) is 11.5 Å². The smallest absolute Gasteiger partial charge is 0.162 e. The van der Waals surface area contributed by atoms with Gasteiger partial charge >= 0.3 is 0 Å². The molecule has 5 heteroatoms. The molecule has 0 atom stereocenters. The molecule has 0 bridgehead atoms. The fraction of sp³-hybridized carbons (Fsp3) is 0.625. The highest BCUT2D eigenvalue weighted by Crippen LogP contribution is 2.33. The van der Waals surface area contributed by atoms with Crippen molar-refractivity contribution in [2.75, 3.05) is 33.3 Å². The van der Waals surface area contributed by atoms with Crippen LogP contribution in [0.3, 0.4) is 0 Å². The molecule has 2 rings (SSSR count). The first-order valence-corrected chi connectivity index (χ1v) is 8.07. The Morgan fingerprint density at radius 2 is 1.95 bits per heavy atom. The normalized spacial score (nSPS) is 16.7. The van der Waals surface area contributed by atoms with Crippen LogP contribution in [0.15, 0.2) is 12.1 Å². The summed E-state index contributed by atoms with van der Waals surface area (Å²) in [5, 5.41) is 14.0. The third kappa shape index (κ3) is 5.06. The van der Waals surface area contributed by atoms with E-state index in [4.69, 9.17) is 16.3 Å². The second-order valence-electron chi connectivity index (χ2n) is 5.55. The van der Waals surface area contributed by atoms with Gasteiger partial charge in [0.25, 0.3) is 0 Å². The number of hydrogen-bond donors (Lipinski definition) is 2. The summed E-state index contributed by atoms with van der Waals surface area (Å²) in [5.41, 5.74) is 0.773. The first-order chi connectivity index (χ1) is 10.2. The van der Waals surface area contributed by atoms with Crippen LogP contribution in [0.4, 0.5) is 0 Å². The number of likely N-dealkylation sites (tertiary alicyclic amines) is 1. The maximum absolute atomic E-state index is 10.1. The van der Waals surface area contributed by atoms with Crippen LogP contribution in [0, 0.1) is 0 Å². The third-order valence-corrected chi connectivity index (χ3v) is 4.18. The van der Waals surface area contributed by atoms with E-state index in [2.05, 4.69) is 10.2 Å². The van der Waals surface area contributed by atoms with Crippen LogP contribution in [0.5, 0.6) is 11.5 Å². The maximum atomic E-state index is 10.1. The van der Waals surface area contributed by atoms with Gasteiger partial charge in [0.2, 0.25) is 0 Å². The monoisotopic (exact) mass is 312 g/mol. The number of hydrogen-bond acceptors (Lipinski definition) is 4. The summed E-state index contributed by atoms with van der Waals surface area (Å²) in [6.45, 7) is 4.97. The van der Waals surface area contributed by atoms with Crippen molar-refractivity contribution in [3.8, 4) is 11.5 Å². The lowest BCUT2D eigenvalue weighted by Gasteiger charge is -2.20. The molecule has 21 heavy (non-hydrogen) atoms. The van der Waals surface area contributed by atoms with Crippen LogP contribution < -0.4 is 10.1 Å². The average molecular weight is 313 g/mol. The van der Waals surface area contributed by atoms with Crippen molar-refractivity contribution in [1.29, 1.82) is 0 Å². The highest BCUT2D eigenvalue weighted by atomic mass is 35.5. The molecule has 1 aliphatic heterocycles. The molecule has 1 fully saturated rings. The van der Waals surface area contributed by atoms with E-state index < -0.39 is 0 Å². The average Bonchev–Trinajstić information content (AvgIpc) is 2.75. The van der Waals surface area contributed by atoms with Gasteiger partial charge in [-0.05, 0) is 32.0 Å². The molecule has 118 valence electrons. The van der Waals surface area contributed by atoms with E-state index in [0.717, 1.165) is 18.7 Å². The summed E-state index contributed by atoms with van der Waals surface area (Å²) in [4.78, 5) is 2.51. The molecule has 2 N–H and O–H groups in total. The quantitative estimate of drug-likeness (QED) is 0.793. The molecule has 0 saturated carbocycles. The van der Waals surface area contributed by atoms with Gasteiger partial charge in [-0.15, -0.1) is 0 Å². The molecule has 1 heterocycles. The lowest BCUT2D eigenvalue weighted by atomic mass is 10.2. The molecule has 1 aliphatic rings. The summed E-state index contributed by atoms with van der Waals surface area (Å²) < 4.78 is 5.11. The van der Waals surface area contributed by atoms with Crippen molar-refractivity contribution in [3.05, 3.63) is 22.7 Å². The molecule has 1 saturated heterocycles. The van der Waals surface area contributed by atoms with Crippen molar-refractivity contribution in [1.82, 2.24) is 10.2 Å². The number of halogens is 1. The van der Waals surface area contributed by atoms with Crippen LogP contribution in [0.2, 0.25) is 5.02 Å². The SMILES string of the molecule is COc1cc(Cl)cc(CNCCN2CCCCCC2)c1O. The number of methoxy groups -OCH3 is 1. The van der Waals surface area contributed by atoms with E-state index in [1.807, 2.05) is 0 Å². The molecular formula is C16H25ClN2O2. The molecule has 0 amide bonds. The van der Waals surface area contributed by atoms with Crippen LogP contribution in [0.25, 0.3) is 0 Å². The molecule has 0 spiro atoms. The lowest BCUT2D eigenvalue weighted by molar-refractivity contribution is 0.283. The van der Waals surface area contributed by atoms with Crippen molar-refractivity contribution in [2.45, 2.75) is 32.2 Å². The zero-order chi connectivity index (χ0) is 15.1. The van der Waals surface area contributed by atoms with E-state index in [0.29, 0.717) is 17.3 Å². The molecule has 0 unspecified atom stereocenters. The zero-order valence-corrected chi connectivity index (χ0v) is 13.5. The van der Waals surface area contributed by atoms with Crippen LogP contribution in [0.1, 0.15) is 31.2 Å². The fourth-order valence-electron chi connectivity index (χ4n) is 2.74. The Labute approximate surface area is 132 Å². The molecule has 0 aliphatic carbocycles. The van der Waals surface area contributed by atoms with Crippen molar-refractivity contribution < 1.29 is 9.84 Å². The third-order valence-electron chi connectivity index (χ3n) is 3.96. The van der Waals surface area contributed by atoms with Gasteiger partial charge in [-0.2, -0.15) is 0 Å². The standard InChI is InChI=1S/C16H25ClN2O2/c1-21-15-11-14(17)10-13(16(15)20)12-18-6-9-19-7-4-2-3-5-8-19/h10-11,18,20H,2-9,12H2,1H3. The van der Waals surface area contributed by atoms with E-state index in [1.54, 1.807) is 12.1 Å². The van der Waals surface area contributed by atoms with E-state index in [1.165, 1.54) is 45.9 Å². The lowest BCUT2D eigenvalue weighted by Crippen LogP contribution is -2.32. The Hall–Kier alpha value is -0.970. The minimum absolute atomic E-state index is 0.171. The Bertz CT molecular complexity index is 446. The minimum Gasteiger partial charge on any atom is -0.504 e. The van der Waals surface area contributed by atoms with Crippen LogP contribution >= 0.6 is 11.6 Å². The second kappa shape index (κ2) is 8.47. The zero-order valence-electron chi connectivity index (χ0n) is 12.7. The van der Waals surface area contributed by atoms with Gasteiger partial charge in [-0.3, -0.25) is 0 Å². The topological polar surface area (TPSA) is 44.7 Å². The molecule has 1 aromatic rings. The molecule has 0 radical (unpaired) electrons.